The molecule has 0 spiro atoms. The lowest BCUT2D eigenvalue weighted by molar-refractivity contribution is -0.162. The molecule has 2 saturated carbocycles. The number of carbonyl (C=O) groups excluding carboxylic acids is 4. The number of amides is 1. The van der Waals surface area contributed by atoms with Gasteiger partial charge in [0.25, 0.3) is 0 Å². The van der Waals surface area contributed by atoms with E-state index in [1.54, 1.807) is 32.6 Å². The predicted octanol–water partition coefficient (Wildman–Crippen LogP) is 5.52. The second-order valence-electron chi connectivity index (χ2n) is 15.0. The molecule has 0 bridgehead atoms. The number of ether oxygens (including phenoxy) is 2. The van der Waals surface area contributed by atoms with Gasteiger partial charge in [0.15, 0.2) is 11.6 Å². The van der Waals surface area contributed by atoms with Gasteiger partial charge in [-0.2, -0.15) is 0 Å². The lowest BCUT2D eigenvalue weighted by Crippen LogP contribution is -2.51. The van der Waals surface area contributed by atoms with Crippen LogP contribution in [0.4, 0.5) is 0 Å². The molecule has 3 rings (SSSR count). The van der Waals surface area contributed by atoms with Gasteiger partial charge in [-0.1, -0.05) is 53.4 Å². The van der Waals surface area contributed by atoms with Crippen LogP contribution in [-0.4, -0.2) is 70.5 Å². The van der Waals surface area contributed by atoms with E-state index >= 15 is 0 Å². The van der Waals surface area contributed by atoms with Gasteiger partial charge in [0.2, 0.25) is 5.91 Å². The Morgan fingerprint density at radius 2 is 1.64 bits per heavy atom. The lowest BCUT2D eigenvalue weighted by atomic mass is 9.88. The molecular weight excluding hydrogens is 534 g/mol. The van der Waals surface area contributed by atoms with Gasteiger partial charge in [-0.25, -0.2) is 0 Å². The molecule has 3 fully saturated rings. The molecule has 2 aliphatic carbocycles. The number of hydrogen-bond donors (Lipinski definition) is 1. The van der Waals surface area contributed by atoms with E-state index in [-0.39, 0.29) is 47.6 Å². The van der Waals surface area contributed by atoms with Crippen LogP contribution in [0.2, 0.25) is 0 Å². The summed E-state index contributed by atoms with van der Waals surface area (Å²) in [4.78, 5) is 55.1. The average molecular weight is 592 g/mol. The number of nitrogens with zero attached hydrogens (tertiary/aromatic N) is 1. The third-order valence-electron chi connectivity index (χ3n) is 9.72. The first-order chi connectivity index (χ1) is 19.6. The van der Waals surface area contributed by atoms with Crippen molar-refractivity contribution in [2.45, 2.75) is 143 Å². The molecule has 8 nitrogen and oxygen atoms in total. The Hall–Kier alpha value is -1.80. The normalized spacial score (nSPS) is 25.7. The molecule has 240 valence electrons. The highest BCUT2D eigenvalue weighted by Gasteiger charge is 2.69. The van der Waals surface area contributed by atoms with Crippen molar-refractivity contribution in [3.8, 4) is 0 Å². The molecule has 0 radical (unpaired) electrons. The van der Waals surface area contributed by atoms with Gasteiger partial charge in [-0.15, -0.1) is 0 Å². The highest BCUT2D eigenvalue weighted by molar-refractivity contribution is 5.93. The molecule has 42 heavy (non-hydrogen) atoms. The second-order valence-corrected chi connectivity index (χ2v) is 15.0. The van der Waals surface area contributed by atoms with Crippen LogP contribution < -0.4 is 0 Å². The first kappa shape index (κ1) is 34.7. The number of fused-ring (bicyclic) bond motifs is 1. The SMILES string of the molecule is CCCCCCCO[C@@H](C)[C@H](CC(=O)OC(C)(C)C)C(=O)N1C[C@H]2[C@@H]([C@H]1C(=O)C[C@@H](C)C(O)C(=O)CC1CC1)C2(C)C. The maximum Gasteiger partial charge on any atom is 0.307 e. The summed E-state index contributed by atoms with van der Waals surface area (Å²) >= 11 is 0. The van der Waals surface area contributed by atoms with E-state index in [9.17, 15) is 24.3 Å². The van der Waals surface area contributed by atoms with Crippen LogP contribution in [0, 0.1) is 35.0 Å². The van der Waals surface area contributed by atoms with E-state index in [2.05, 4.69) is 20.8 Å². The molecule has 1 amide bonds. The van der Waals surface area contributed by atoms with Crippen molar-refractivity contribution in [3.05, 3.63) is 0 Å². The minimum absolute atomic E-state index is 0.0254. The molecule has 1 heterocycles. The number of likely N-dealkylation sites (tertiary alicyclic amines) is 1. The number of ketones is 2. The van der Waals surface area contributed by atoms with Gasteiger partial charge < -0.3 is 19.5 Å². The fraction of sp³-hybridized carbons (Fsp3) is 0.882. The summed E-state index contributed by atoms with van der Waals surface area (Å²) in [5.41, 5.74) is -0.748. The third kappa shape index (κ3) is 9.10. The summed E-state index contributed by atoms with van der Waals surface area (Å²) in [6, 6.07) is -0.631. The molecular formula is C34H57NO7. The van der Waals surface area contributed by atoms with Crippen LogP contribution in [0.25, 0.3) is 0 Å². The minimum atomic E-state index is -1.17. The van der Waals surface area contributed by atoms with Crippen molar-refractivity contribution in [1.29, 1.82) is 0 Å². The van der Waals surface area contributed by atoms with Gasteiger partial charge in [-0.3, -0.25) is 19.2 Å². The van der Waals surface area contributed by atoms with Crippen LogP contribution in [0.15, 0.2) is 0 Å². The summed E-state index contributed by atoms with van der Waals surface area (Å²) in [6.07, 6.45) is 6.07. The number of Topliss-reactive ketones (excluding diaryl/α,β-unsaturated/α-hetero) is 2. The fourth-order valence-corrected chi connectivity index (χ4v) is 6.80. The Morgan fingerprint density at radius 1 is 1.00 bits per heavy atom. The zero-order valence-electron chi connectivity index (χ0n) is 27.4. The standard InChI is InChI=1S/C34H57NO7/c1-9-10-11-12-13-16-41-22(3)24(19-28(38)42-33(4,5)6)32(40)35-20-25-29(34(25,7)8)30(35)26(36)17-21(2)31(39)27(37)18-23-14-15-23/h21-25,29-31,39H,9-20H2,1-8H3/t21-,22+,24+,25+,29+,30-,31?/m1/s1. The molecule has 1 aliphatic heterocycles. The van der Waals surface area contributed by atoms with Gasteiger partial charge in [0, 0.05) is 26.0 Å². The molecule has 0 aromatic heterocycles. The number of esters is 1. The topological polar surface area (TPSA) is 110 Å². The Labute approximate surface area is 253 Å². The average Bonchev–Trinajstić information content (AvgIpc) is 3.74. The van der Waals surface area contributed by atoms with Crippen LogP contribution in [-0.2, 0) is 28.7 Å². The van der Waals surface area contributed by atoms with Crippen LogP contribution in [0.3, 0.4) is 0 Å². The zero-order valence-corrected chi connectivity index (χ0v) is 27.4. The quantitative estimate of drug-likeness (QED) is 0.165. The molecule has 8 heteroatoms. The van der Waals surface area contributed by atoms with Gasteiger partial charge in [-0.05, 0) is 76.0 Å². The number of hydrogen-bond acceptors (Lipinski definition) is 7. The third-order valence-corrected chi connectivity index (χ3v) is 9.72. The van der Waals surface area contributed by atoms with E-state index in [1.807, 2.05) is 6.92 Å². The fourth-order valence-electron chi connectivity index (χ4n) is 6.80. The van der Waals surface area contributed by atoms with Crippen molar-refractivity contribution in [1.82, 2.24) is 4.90 Å². The zero-order chi connectivity index (χ0) is 31.4. The number of rotatable bonds is 18. The molecule has 1 N–H and O–H groups in total. The summed E-state index contributed by atoms with van der Waals surface area (Å²) in [6.45, 7) is 16.4. The van der Waals surface area contributed by atoms with Crippen molar-refractivity contribution in [3.63, 3.8) is 0 Å². The van der Waals surface area contributed by atoms with Crippen molar-refractivity contribution < 1.29 is 33.8 Å². The summed E-state index contributed by atoms with van der Waals surface area (Å²) in [7, 11) is 0. The van der Waals surface area contributed by atoms with Crippen LogP contribution in [0.1, 0.15) is 120 Å². The maximum absolute atomic E-state index is 14.2. The first-order valence-electron chi connectivity index (χ1n) is 16.5. The van der Waals surface area contributed by atoms with Gasteiger partial charge in [0.1, 0.15) is 11.7 Å². The van der Waals surface area contributed by atoms with Crippen LogP contribution in [0.5, 0.6) is 0 Å². The number of carbonyl (C=O) groups is 4. The molecule has 1 saturated heterocycles. The van der Waals surface area contributed by atoms with E-state index in [0.29, 0.717) is 25.5 Å². The molecule has 0 aromatic rings. The highest BCUT2D eigenvalue weighted by Crippen LogP contribution is 2.65. The van der Waals surface area contributed by atoms with E-state index in [4.69, 9.17) is 9.47 Å². The van der Waals surface area contributed by atoms with E-state index < -0.39 is 41.7 Å². The van der Waals surface area contributed by atoms with Gasteiger partial charge >= 0.3 is 5.97 Å². The Balaban J connectivity index is 1.73. The predicted molar refractivity (Wildman–Crippen MR) is 162 cm³/mol. The molecule has 7 atom stereocenters. The second kappa shape index (κ2) is 14.3. The van der Waals surface area contributed by atoms with Crippen molar-refractivity contribution in [2.75, 3.05) is 13.2 Å². The van der Waals surface area contributed by atoms with Crippen LogP contribution >= 0.6 is 0 Å². The monoisotopic (exact) mass is 591 g/mol. The van der Waals surface area contributed by atoms with Crippen molar-refractivity contribution in [2.24, 2.45) is 35.0 Å². The number of unbranched alkanes of at least 4 members (excludes halogenated alkanes) is 4. The largest absolute Gasteiger partial charge is 0.460 e. The maximum atomic E-state index is 14.2. The van der Waals surface area contributed by atoms with Gasteiger partial charge in [0.05, 0.1) is 24.5 Å². The summed E-state index contributed by atoms with van der Waals surface area (Å²) in [5.74, 6) is -1.72. The minimum Gasteiger partial charge on any atom is -0.460 e. The Bertz CT molecular complexity index is 965. The Kier molecular flexibility index (Phi) is 11.8. The van der Waals surface area contributed by atoms with Crippen molar-refractivity contribution >= 4 is 23.4 Å². The smallest absolute Gasteiger partial charge is 0.307 e. The number of piperidine rings is 1. The number of aliphatic hydroxyl groups excluding tert-OH is 1. The van der Waals surface area contributed by atoms with E-state index in [1.165, 1.54) is 6.42 Å². The first-order valence-corrected chi connectivity index (χ1v) is 16.5. The van der Waals surface area contributed by atoms with E-state index in [0.717, 1.165) is 38.5 Å². The Morgan fingerprint density at radius 3 is 2.24 bits per heavy atom. The molecule has 3 aliphatic rings. The summed E-state index contributed by atoms with van der Waals surface area (Å²) < 4.78 is 11.7. The number of aliphatic hydroxyl groups is 1. The lowest BCUT2D eigenvalue weighted by Gasteiger charge is -2.35. The molecule has 0 aromatic carbocycles. The highest BCUT2D eigenvalue weighted by atomic mass is 16.6. The molecule has 1 unspecified atom stereocenters. The summed E-state index contributed by atoms with van der Waals surface area (Å²) in [5, 5.41) is 10.7.